The quantitative estimate of drug-likeness (QED) is 0.918. The zero-order chi connectivity index (χ0) is 18.0. The van der Waals surface area contributed by atoms with Crippen molar-refractivity contribution in [3.8, 4) is 0 Å². The lowest BCUT2D eigenvalue weighted by molar-refractivity contribution is 0.0774. The minimum absolute atomic E-state index is 0.0262. The second-order valence-corrected chi connectivity index (χ2v) is 7.78. The summed E-state index contributed by atoms with van der Waals surface area (Å²) in [5.41, 5.74) is 1.42. The van der Waals surface area contributed by atoms with Crippen molar-refractivity contribution in [2.45, 2.75) is 50.0 Å². The van der Waals surface area contributed by atoms with Crippen LogP contribution in [0.4, 0.5) is 0 Å². The van der Waals surface area contributed by atoms with E-state index in [1.807, 2.05) is 46.1 Å². The van der Waals surface area contributed by atoms with Gasteiger partial charge in [0.1, 0.15) is 0 Å². The van der Waals surface area contributed by atoms with Gasteiger partial charge >= 0.3 is 0 Å². The Morgan fingerprint density at radius 1 is 1.19 bits per heavy atom. The van der Waals surface area contributed by atoms with Crippen molar-refractivity contribution in [3.63, 3.8) is 0 Å². The molecule has 1 saturated heterocycles. The van der Waals surface area contributed by atoms with Gasteiger partial charge in [0, 0.05) is 24.7 Å². The number of aliphatic hydroxyl groups excluding tert-OH is 1. The largest absolute Gasteiger partial charge is 0.395 e. The Labute approximate surface area is 154 Å². The molecule has 5 heteroatoms. The molecular formula is C21H27N3O2. The van der Waals surface area contributed by atoms with E-state index in [1.165, 1.54) is 19.3 Å². The van der Waals surface area contributed by atoms with Gasteiger partial charge < -0.3 is 10.0 Å². The maximum absolute atomic E-state index is 13.0. The summed E-state index contributed by atoms with van der Waals surface area (Å²) in [7, 11) is 0. The molecule has 1 aliphatic carbocycles. The van der Waals surface area contributed by atoms with Crippen molar-refractivity contribution in [2.75, 3.05) is 19.7 Å². The molecule has 0 bridgehead atoms. The van der Waals surface area contributed by atoms with Gasteiger partial charge in [0.2, 0.25) is 0 Å². The third-order valence-corrected chi connectivity index (χ3v) is 6.13. The van der Waals surface area contributed by atoms with Gasteiger partial charge in [-0.05, 0) is 24.8 Å². The van der Waals surface area contributed by atoms with Gasteiger partial charge in [-0.25, -0.2) is 0 Å². The SMILES string of the molecule is O=C(c1cnn(C2CCCCC2)c1)N1CCC(CO)(c2ccccc2)C1. The third kappa shape index (κ3) is 3.16. The summed E-state index contributed by atoms with van der Waals surface area (Å²) in [5, 5.41) is 14.5. The van der Waals surface area contributed by atoms with E-state index in [0.29, 0.717) is 24.7 Å². The molecule has 5 nitrogen and oxygen atoms in total. The van der Waals surface area contributed by atoms with E-state index in [0.717, 1.165) is 24.8 Å². The number of hydrogen-bond acceptors (Lipinski definition) is 3. The molecule has 2 fully saturated rings. The minimum Gasteiger partial charge on any atom is -0.395 e. The van der Waals surface area contributed by atoms with Crippen LogP contribution in [0.15, 0.2) is 42.7 Å². The first-order valence-electron chi connectivity index (χ1n) is 9.72. The summed E-state index contributed by atoms with van der Waals surface area (Å²) >= 11 is 0. The first-order chi connectivity index (χ1) is 12.7. The van der Waals surface area contributed by atoms with Crippen LogP contribution in [0.1, 0.15) is 60.5 Å². The molecule has 0 radical (unpaired) electrons. The van der Waals surface area contributed by atoms with E-state index in [9.17, 15) is 9.90 Å². The van der Waals surface area contributed by atoms with Crippen LogP contribution < -0.4 is 0 Å². The third-order valence-electron chi connectivity index (χ3n) is 6.13. The number of nitrogens with zero attached hydrogens (tertiary/aromatic N) is 3. The van der Waals surface area contributed by atoms with Crippen molar-refractivity contribution < 1.29 is 9.90 Å². The van der Waals surface area contributed by atoms with Crippen LogP contribution >= 0.6 is 0 Å². The Kier molecular flexibility index (Phi) is 4.81. The fourth-order valence-electron chi connectivity index (χ4n) is 4.47. The summed E-state index contributed by atoms with van der Waals surface area (Å²) in [4.78, 5) is 14.8. The molecular weight excluding hydrogens is 326 g/mol. The van der Waals surface area contributed by atoms with Gasteiger partial charge in [0.05, 0.1) is 24.4 Å². The lowest BCUT2D eigenvalue weighted by Crippen LogP contribution is -2.37. The highest BCUT2D eigenvalue weighted by molar-refractivity contribution is 5.94. The Morgan fingerprint density at radius 3 is 2.69 bits per heavy atom. The molecule has 4 rings (SSSR count). The highest BCUT2D eigenvalue weighted by Gasteiger charge is 2.41. The Bertz CT molecular complexity index is 752. The Morgan fingerprint density at radius 2 is 1.96 bits per heavy atom. The van der Waals surface area contributed by atoms with E-state index < -0.39 is 0 Å². The van der Waals surface area contributed by atoms with E-state index in [-0.39, 0.29) is 17.9 Å². The predicted octanol–water partition coefficient (Wildman–Crippen LogP) is 3.16. The highest BCUT2D eigenvalue weighted by Crippen LogP contribution is 2.35. The van der Waals surface area contributed by atoms with Crippen LogP contribution in [0, 0.1) is 0 Å². The fourth-order valence-corrected chi connectivity index (χ4v) is 4.47. The van der Waals surface area contributed by atoms with Crippen molar-refractivity contribution in [1.82, 2.24) is 14.7 Å². The van der Waals surface area contributed by atoms with Gasteiger partial charge in [-0.3, -0.25) is 9.48 Å². The van der Waals surface area contributed by atoms with Crippen molar-refractivity contribution in [2.24, 2.45) is 0 Å². The van der Waals surface area contributed by atoms with Crippen LogP contribution in [0.25, 0.3) is 0 Å². The van der Waals surface area contributed by atoms with Crippen molar-refractivity contribution >= 4 is 5.91 Å². The number of aromatic nitrogens is 2. The standard InChI is InChI=1S/C21H27N3O2/c25-16-21(18-7-3-1-4-8-18)11-12-23(15-21)20(26)17-13-22-24(14-17)19-9-5-2-6-10-19/h1,3-4,7-8,13-14,19,25H,2,5-6,9-12,15-16H2. The van der Waals surface area contributed by atoms with Gasteiger partial charge in [-0.15, -0.1) is 0 Å². The second kappa shape index (κ2) is 7.23. The molecule has 0 spiro atoms. The number of hydrogen-bond donors (Lipinski definition) is 1. The monoisotopic (exact) mass is 353 g/mol. The molecule has 1 aliphatic heterocycles. The van der Waals surface area contributed by atoms with Gasteiger partial charge in [0.15, 0.2) is 0 Å². The molecule has 26 heavy (non-hydrogen) atoms. The minimum atomic E-state index is -0.351. The normalized spacial score (nSPS) is 24.1. The lowest BCUT2D eigenvalue weighted by atomic mass is 9.80. The molecule has 2 heterocycles. The molecule has 1 aromatic carbocycles. The number of likely N-dealkylation sites (tertiary alicyclic amines) is 1. The zero-order valence-corrected chi connectivity index (χ0v) is 15.2. The van der Waals surface area contributed by atoms with Gasteiger partial charge in [0.25, 0.3) is 5.91 Å². The van der Waals surface area contributed by atoms with Crippen LogP contribution in [0.3, 0.4) is 0 Å². The van der Waals surface area contributed by atoms with Gasteiger partial charge in [-0.2, -0.15) is 5.10 Å². The number of benzene rings is 1. The van der Waals surface area contributed by atoms with E-state index >= 15 is 0 Å². The van der Waals surface area contributed by atoms with Crippen LogP contribution in [0.5, 0.6) is 0 Å². The number of carbonyl (C=O) groups excluding carboxylic acids is 1. The van der Waals surface area contributed by atoms with E-state index in [4.69, 9.17) is 0 Å². The highest BCUT2D eigenvalue weighted by atomic mass is 16.3. The molecule has 1 aromatic heterocycles. The maximum atomic E-state index is 13.0. The first-order valence-corrected chi connectivity index (χ1v) is 9.72. The van der Waals surface area contributed by atoms with Crippen LogP contribution in [0.2, 0.25) is 0 Å². The smallest absolute Gasteiger partial charge is 0.257 e. The summed E-state index contributed by atoms with van der Waals surface area (Å²) in [6, 6.07) is 10.5. The summed E-state index contributed by atoms with van der Waals surface area (Å²) < 4.78 is 1.99. The molecule has 138 valence electrons. The summed E-state index contributed by atoms with van der Waals surface area (Å²) in [6.45, 7) is 1.28. The lowest BCUT2D eigenvalue weighted by Gasteiger charge is -2.27. The molecule has 2 aromatic rings. The first kappa shape index (κ1) is 17.3. The molecule has 1 N–H and O–H groups in total. The molecule has 1 atom stereocenters. The molecule has 2 aliphatic rings. The number of carbonyl (C=O) groups is 1. The number of aliphatic hydroxyl groups is 1. The summed E-state index contributed by atoms with van der Waals surface area (Å²) in [5.74, 6) is 0.0262. The fraction of sp³-hybridized carbons (Fsp3) is 0.524. The topological polar surface area (TPSA) is 58.4 Å². The number of amides is 1. The van der Waals surface area contributed by atoms with E-state index in [1.54, 1.807) is 6.20 Å². The average Bonchev–Trinajstić information content (AvgIpc) is 3.37. The molecule has 1 amide bonds. The average molecular weight is 353 g/mol. The Balaban J connectivity index is 1.48. The van der Waals surface area contributed by atoms with Crippen LogP contribution in [-0.2, 0) is 5.41 Å². The van der Waals surface area contributed by atoms with E-state index in [2.05, 4.69) is 5.10 Å². The molecule has 1 saturated carbocycles. The van der Waals surface area contributed by atoms with Crippen molar-refractivity contribution in [3.05, 3.63) is 53.9 Å². The van der Waals surface area contributed by atoms with Crippen LogP contribution in [-0.4, -0.2) is 45.4 Å². The summed E-state index contributed by atoms with van der Waals surface area (Å²) in [6.07, 6.45) is 10.5. The number of rotatable bonds is 4. The van der Waals surface area contributed by atoms with Crippen molar-refractivity contribution in [1.29, 1.82) is 0 Å². The van der Waals surface area contributed by atoms with Gasteiger partial charge in [-0.1, -0.05) is 49.6 Å². The zero-order valence-electron chi connectivity index (χ0n) is 15.2. The predicted molar refractivity (Wildman–Crippen MR) is 100 cm³/mol. The second-order valence-electron chi connectivity index (χ2n) is 7.78. The maximum Gasteiger partial charge on any atom is 0.257 e. The Hall–Kier alpha value is -2.14. The molecule has 1 unspecified atom stereocenters.